The molecule has 7 heteroatoms. The maximum absolute atomic E-state index is 12.5. The van der Waals surface area contributed by atoms with Crippen molar-refractivity contribution < 1.29 is 13.2 Å². The van der Waals surface area contributed by atoms with Crippen LogP contribution in [-0.4, -0.2) is 64.5 Å². The highest BCUT2D eigenvalue weighted by molar-refractivity contribution is 7.86. The summed E-state index contributed by atoms with van der Waals surface area (Å²) in [6, 6.07) is 7.90. The molecule has 2 rings (SSSR count). The minimum Gasteiger partial charge on any atom is -0.379 e. The third-order valence-electron chi connectivity index (χ3n) is 3.55. The number of nitrogens with zero attached hydrogens (tertiary/aromatic N) is 3. The summed E-state index contributed by atoms with van der Waals surface area (Å²) in [5, 5.41) is 0. The van der Waals surface area contributed by atoms with Crippen LogP contribution in [0.15, 0.2) is 24.3 Å². The Morgan fingerprint density at radius 1 is 1.10 bits per heavy atom. The second-order valence-corrected chi connectivity index (χ2v) is 7.37. The zero-order valence-corrected chi connectivity index (χ0v) is 13.6. The van der Waals surface area contributed by atoms with Crippen molar-refractivity contribution in [2.24, 2.45) is 0 Å². The Bertz CT molecular complexity index is 551. The van der Waals surface area contributed by atoms with Crippen LogP contribution in [0.4, 0.5) is 5.69 Å². The molecule has 21 heavy (non-hydrogen) atoms. The number of ether oxygens (including phenoxy) is 1. The lowest BCUT2D eigenvalue weighted by Crippen LogP contribution is -2.47. The smallest absolute Gasteiger partial charge is 0.282 e. The van der Waals surface area contributed by atoms with Crippen molar-refractivity contribution in [1.82, 2.24) is 8.61 Å². The van der Waals surface area contributed by atoms with Gasteiger partial charge in [0.15, 0.2) is 0 Å². The van der Waals surface area contributed by atoms with Gasteiger partial charge in [-0.1, -0.05) is 12.1 Å². The summed E-state index contributed by atoms with van der Waals surface area (Å²) in [6.07, 6.45) is 0. The summed E-state index contributed by atoms with van der Waals surface area (Å²) in [7, 11) is 2.16. The molecule has 118 valence electrons. The van der Waals surface area contributed by atoms with E-state index >= 15 is 0 Å². The van der Waals surface area contributed by atoms with Crippen LogP contribution in [0.3, 0.4) is 0 Å². The first-order chi connectivity index (χ1) is 9.91. The first-order valence-electron chi connectivity index (χ1n) is 6.96. The highest BCUT2D eigenvalue weighted by atomic mass is 32.2. The van der Waals surface area contributed by atoms with Gasteiger partial charge in [0, 0.05) is 46.5 Å². The van der Waals surface area contributed by atoms with Crippen LogP contribution in [0.1, 0.15) is 5.56 Å². The van der Waals surface area contributed by atoms with E-state index in [0.29, 0.717) is 32.8 Å². The quantitative estimate of drug-likeness (QED) is 0.805. The highest BCUT2D eigenvalue weighted by Gasteiger charge is 2.28. The fourth-order valence-electron chi connectivity index (χ4n) is 2.21. The van der Waals surface area contributed by atoms with Gasteiger partial charge in [-0.25, -0.2) is 0 Å². The molecular weight excluding hydrogens is 290 g/mol. The van der Waals surface area contributed by atoms with E-state index in [1.807, 2.05) is 43.3 Å². The molecule has 1 fully saturated rings. The van der Waals surface area contributed by atoms with Crippen molar-refractivity contribution >= 4 is 15.9 Å². The zero-order valence-electron chi connectivity index (χ0n) is 12.8. The Labute approximate surface area is 127 Å². The van der Waals surface area contributed by atoms with Crippen LogP contribution >= 0.6 is 0 Å². The molecular formula is C14H23N3O3S. The van der Waals surface area contributed by atoms with Gasteiger partial charge in [-0.3, -0.25) is 0 Å². The number of rotatable bonds is 5. The molecule has 1 aromatic carbocycles. The first kappa shape index (κ1) is 16.2. The molecule has 1 aliphatic heterocycles. The Kier molecular flexibility index (Phi) is 5.21. The molecule has 0 aromatic heterocycles. The van der Waals surface area contributed by atoms with Crippen LogP contribution in [0.25, 0.3) is 0 Å². The van der Waals surface area contributed by atoms with Crippen LogP contribution < -0.4 is 4.90 Å². The SMILES string of the molecule is CN(C)c1ccc(CN(C)S(=O)(=O)N2CCOCC2)cc1. The number of hydrogen-bond donors (Lipinski definition) is 0. The van der Waals surface area contributed by atoms with Gasteiger partial charge in [-0.15, -0.1) is 0 Å². The summed E-state index contributed by atoms with van der Waals surface area (Å²) in [4.78, 5) is 2.01. The second kappa shape index (κ2) is 6.74. The maximum atomic E-state index is 12.5. The van der Waals surface area contributed by atoms with Crippen LogP contribution in [0.5, 0.6) is 0 Å². The average molecular weight is 313 g/mol. The number of morpholine rings is 1. The molecule has 0 amide bonds. The van der Waals surface area contributed by atoms with E-state index < -0.39 is 10.2 Å². The number of hydrogen-bond acceptors (Lipinski definition) is 4. The standard InChI is InChI=1S/C14H23N3O3S/c1-15(2)14-6-4-13(5-7-14)12-16(3)21(18,19)17-8-10-20-11-9-17/h4-7H,8-12H2,1-3H3. The Morgan fingerprint density at radius 2 is 1.67 bits per heavy atom. The molecule has 1 aliphatic rings. The average Bonchev–Trinajstić information content (AvgIpc) is 2.48. The maximum Gasteiger partial charge on any atom is 0.282 e. The molecule has 1 aromatic rings. The Hall–Kier alpha value is -1.15. The van der Waals surface area contributed by atoms with Gasteiger partial charge in [0.2, 0.25) is 0 Å². The molecule has 0 unspecified atom stereocenters. The largest absolute Gasteiger partial charge is 0.379 e. The van der Waals surface area contributed by atoms with Crippen molar-refractivity contribution in [1.29, 1.82) is 0 Å². The summed E-state index contributed by atoms with van der Waals surface area (Å²) >= 11 is 0. The van der Waals surface area contributed by atoms with Crippen molar-refractivity contribution in [3.8, 4) is 0 Å². The monoisotopic (exact) mass is 313 g/mol. The second-order valence-electron chi connectivity index (χ2n) is 5.34. The topological polar surface area (TPSA) is 53.1 Å². The highest BCUT2D eigenvalue weighted by Crippen LogP contribution is 2.16. The third-order valence-corrected chi connectivity index (χ3v) is 5.48. The summed E-state index contributed by atoms with van der Waals surface area (Å²) in [6.45, 7) is 2.14. The molecule has 0 spiro atoms. The van der Waals surface area contributed by atoms with E-state index in [0.717, 1.165) is 11.3 Å². The summed E-state index contributed by atoms with van der Waals surface area (Å²) in [5.41, 5.74) is 2.07. The summed E-state index contributed by atoms with van der Waals surface area (Å²) < 4.78 is 33.0. The van der Waals surface area contributed by atoms with Crippen LogP contribution in [0, 0.1) is 0 Å². The van der Waals surface area contributed by atoms with Gasteiger partial charge in [-0.05, 0) is 17.7 Å². The fourth-order valence-corrected chi connectivity index (χ4v) is 3.53. The van der Waals surface area contributed by atoms with Gasteiger partial charge in [0.1, 0.15) is 0 Å². The molecule has 1 saturated heterocycles. The summed E-state index contributed by atoms with van der Waals surface area (Å²) in [5.74, 6) is 0. The van der Waals surface area contributed by atoms with E-state index in [4.69, 9.17) is 4.74 Å². The third kappa shape index (κ3) is 3.94. The van der Waals surface area contributed by atoms with Gasteiger partial charge < -0.3 is 9.64 Å². The Balaban J connectivity index is 2.04. The van der Waals surface area contributed by atoms with E-state index in [1.54, 1.807) is 7.05 Å². The lowest BCUT2D eigenvalue weighted by atomic mass is 10.2. The fraction of sp³-hybridized carbons (Fsp3) is 0.571. The molecule has 0 atom stereocenters. The van der Waals surface area contributed by atoms with Gasteiger partial charge >= 0.3 is 0 Å². The van der Waals surface area contributed by atoms with E-state index in [-0.39, 0.29) is 0 Å². The lowest BCUT2D eigenvalue weighted by molar-refractivity contribution is 0.0705. The normalized spacial score (nSPS) is 17.1. The predicted molar refractivity (Wildman–Crippen MR) is 83.5 cm³/mol. The molecule has 0 radical (unpaired) electrons. The van der Waals surface area contributed by atoms with Crippen LogP contribution in [-0.2, 0) is 21.5 Å². The Morgan fingerprint density at radius 3 is 2.19 bits per heavy atom. The van der Waals surface area contributed by atoms with Crippen molar-refractivity contribution in [2.75, 3.05) is 52.3 Å². The molecule has 0 N–H and O–H groups in total. The van der Waals surface area contributed by atoms with Gasteiger partial charge in [-0.2, -0.15) is 17.0 Å². The molecule has 0 bridgehead atoms. The first-order valence-corrected chi connectivity index (χ1v) is 8.36. The van der Waals surface area contributed by atoms with Gasteiger partial charge in [0.25, 0.3) is 10.2 Å². The van der Waals surface area contributed by atoms with Gasteiger partial charge in [0.05, 0.1) is 13.2 Å². The van der Waals surface area contributed by atoms with Crippen LogP contribution in [0.2, 0.25) is 0 Å². The molecule has 0 saturated carbocycles. The van der Waals surface area contributed by atoms with E-state index in [1.165, 1.54) is 8.61 Å². The minimum absolute atomic E-state index is 0.368. The minimum atomic E-state index is -3.41. The number of anilines is 1. The number of benzene rings is 1. The van der Waals surface area contributed by atoms with Crippen molar-refractivity contribution in [3.63, 3.8) is 0 Å². The van der Waals surface area contributed by atoms with E-state index in [2.05, 4.69) is 0 Å². The lowest BCUT2D eigenvalue weighted by Gasteiger charge is -2.30. The predicted octanol–water partition coefficient (Wildman–Crippen LogP) is 0.761. The molecule has 1 heterocycles. The molecule has 0 aliphatic carbocycles. The zero-order chi connectivity index (χ0) is 15.5. The molecule has 6 nitrogen and oxygen atoms in total. The van der Waals surface area contributed by atoms with E-state index in [9.17, 15) is 8.42 Å². The van der Waals surface area contributed by atoms with Crippen molar-refractivity contribution in [2.45, 2.75) is 6.54 Å². The van der Waals surface area contributed by atoms with Crippen molar-refractivity contribution in [3.05, 3.63) is 29.8 Å².